The molecule has 0 aromatic carbocycles. The van der Waals surface area contributed by atoms with E-state index in [-0.39, 0.29) is 5.48 Å². The summed E-state index contributed by atoms with van der Waals surface area (Å²) in [4.78, 5) is 0. The molecule has 1 aliphatic rings. The van der Waals surface area contributed by atoms with E-state index in [1.165, 1.54) is 25.9 Å². The topological polar surface area (TPSA) is 46.8 Å². The van der Waals surface area contributed by atoms with Gasteiger partial charge in [0.05, 0.1) is 0 Å². The molecule has 0 unspecified atom stereocenters. The molecule has 1 heterocycles. The maximum Gasteiger partial charge on any atom is 0.0131 e. The van der Waals surface area contributed by atoms with Crippen LogP contribution >= 0.6 is 0 Å². The van der Waals surface area contributed by atoms with Gasteiger partial charge >= 0.3 is 0 Å². The summed E-state index contributed by atoms with van der Waals surface area (Å²) >= 11 is 0. The summed E-state index contributed by atoms with van der Waals surface area (Å²) < 4.78 is 0. The van der Waals surface area contributed by atoms with Gasteiger partial charge in [0.1, 0.15) is 0 Å². The van der Waals surface area contributed by atoms with Crippen molar-refractivity contribution in [3.8, 4) is 0 Å². The van der Waals surface area contributed by atoms with E-state index in [0.29, 0.717) is 0 Å². The molecule has 1 aliphatic heterocycles. The molecule has 0 amide bonds. The molecule has 0 atom stereocenters. The van der Waals surface area contributed by atoms with E-state index < -0.39 is 0 Å². The lowest BCUT2D eigenvalue weighted by Gasteiger charge is -2.13. The third-order valence-electron chi connectivity index (χ3n) is 1.49. The van der Waals surface area contributed by atoms with Crippen LogP contribution < -0.4 is 5.43 Å². The van der Waals surface area contributed by atoms with Crippen molar-refractivity contribution >= 4 is 0 Å². The molecule has 3 heteroatoms. The summed E-state index contributed by atoms with van der Waals surface area (Å²) in [5.74, 6) is 0. The van der Waals surface area contributed by atoms with Crippen LogP contribution in [0.2, 0.25) is 0 Å². The summed E-state index contributed by atoms with van der Waals surface area (Å²) in [5.41, 5.74) is 3.28. The summed E-state index contributed by atoms with van der Waals surface area (Å²) in [7, 11) is 0. The first kappa shape index (κ1) is 8.88. The number of nitrogens with one attached hydrogen (secondary N) is 1. The monoisotopic (exact) mass is 132 g/mol. The zero-order valence-corrected chi connectivity index (χ0v) is 5.98. The van der Waals surface area contributed by atoms with Crippen molar-refractivity contribution in [2.75, 3.05) is 19.6 Å². The standard InChI is InChI=1S/C6H14N2.H2O/c1-2-7-8-5-3-4-6-8;/h7H,2-6H2,1H3;1H2. The van der Waals surface area contributed by atoms with Gasteiger partial charge in [0.2, 0.25) is 0 Å². The minimum atomic E-state index is 0. The Morgan fingerprint density at radius 3 is 2.33 bits per heavy atom. The van der Waals surface area contributed by atoms with Gasteiger partial charge in [-0.15, -0.1) is 0 Å². The van der Waals surface area contributed by atoms with Crippen molar-refractivity contribution in [2.45, 2.75) is 19.8 Å². The van der Waals surface area contributed by atoms with Gasteiger partial charge in [-0.1, -0.05) is 6.92 Å². The number of hydrogen-bond donors (Lipinski definition) is 1. The minimum absolute atomic E-state index is 0. The van der Waals surface area contributed by atoms with Crippen LogP contribution in [-0.2, 0) is 0 Å². The quantitative estimate of drug-likeness (QED) is 0.564. The van der Waals surface area contributed by atoms with Crippen molar-refractivity contribution in [1.29, 1.82) is 0 Å². The first-order valence-electron chi connectivity index (χ1n) is 3.42. The smallest absolute Gasteiger partial charge is 0.0131 e. The Morgan fingerprint density at radius 1 is 1.33 bits per heavy atom. The molecule has 1 fully saturated rings. The molecule has 3 nitrogen and oxygen atoms in total. The maximum absolute atomic E-state index is 3.28. The van der Waals surface area contributed by atoms with Crippen LogP contribution in [0, 0.1) is 0 Å². The van der Waals surface area contributed by atoms with Gasteiger partial charge in [-0.25, -0.2) is 5.01 Å². The number of hydrogen-bond acceptors (Lipinski definition) is 2. The second-order valence-electron chi connectivity index (χ2n) is 2.21. The molecule has 0 saturated carbocycles. The Bertz CT molecular complexity index is 62.1. The van der Waals surface area contributed by atoms with Crippen LogP contribution in [0.15, 0.2) is 0 Å². The first-order chi connectivity index (χ1) is 3.93. The maximum atomic E-state index is 3.28. The molecular weight excluding hydrogens is 116 g/mol. The molecule has 0 aliphatic carbocycles. The second kappa shape index (κ2) is 4.73. The van der Waals surface area contributed by atoms with Gasteiger partial charge in [0, 0.05) is 19.6 Å². The molecule has 1 saturated heterocycles. The molecule has 0 spiro atoms. The van der Waals surface area contributed by atoms with Gasteiger partial charge in [-0.3, -0.25) is 5.43 Å². The minimum Gasteiger partial charge on any atom is -0.412 e. The molecule has 9 heavy (non-hydrogen) atoms. The summed E-state index contributed by atoms with van der Waals surface area (Å²) in [6, 6.07) is 0. The first-order valence-corrected chi connectivity index (χ1v) is 3.42. The van der Waals surface area contributed by atoms with Gasteiger partial charge in [-0.05, 0) is 12.8 Å². The Morgan fingerprint density at radius 2 is 1.89 bits per heavy atom. The van der Waals surface area contributed by atoms with Crippen LogP contribution in [0.25, 0.3) is 0 Å². The number of nitrogens with zero attached hydrogens (tertiary/aromatic N) is 1. The normalized spacial score (nSPS) is 19.7. The van der Waals surface area contributed by atoms with E-state index in [2.05, 4.69) is 17.4 Å². The molecule has 56 valence electrons. The molecule has 0 bridgehead atoms. The van der Waals surface area contributed by atoms with Crippen molar-refractivity contribution in [3.63, 3.8) is 0 Å². The molecule has 3 N–H and O–H groups in total. The predicted molar refractivity (Wildman–Crippen MR) is 38.1 cm³/mol. The third kappa shape index (κ3) is 2.79. The SMILES string of the molecule is CCNN1CCCC1.O. The van der Waals surface area contributed by atoms with E-state index in [0.717, 1.165) is 6.54 Å². The van der Waals surface area contributed by atoms with E-state index in [1.807, 2.05) is 0 Å². The lowest BCUT2D eigenvalue weighted by molar-refractivity contribution is 0.242. The number of rotatable bonds is 2. The summed E-state index contributed by atoms with van der Waals surface area (Å²) in [6.07, 6.45) is 2.74. The highest BCUT2D eigenvalue weighted by atomic mass is 16.0. The van der Waals surface area contributed by atoms with Gasteiger partial charge in [-0.2, -0.15) is 0 Å². The van der Waals surface area contributed by atoms with E-state index in [9.17, 15) is 0 Å². The molecule has 0 radical (unpaired) electrons. The zero-order chi connectivity index (χ0) is 5.82. The molecule has 0 aromatic heterocycles. The Balaban J connectivity index is 0.000000640. The predicted octanol–water partition coefficient (Wildman–Crippen LogP) is -0.218. The zero-order valence-electron chi connectivity index (χ0n) is 5.98. The van der Waals surface area contributed by atoms with Crippen LogP contribution in [0.4, 0.5) is 0 Å². The van der Waals surface area contributed by atoms with Crippen molar-refractivity contribution in [2.24, 2.45) is 0 Å². The average molecular weight is 132 g/mol. The van der Waals surface area contributed by atoms with Gasteiger partial charge < -0.3 is 5.48 Å². The molecule has 0 aromatic rings. The lowest BCUT2D eigenvalue weighted by Crippen LogP contribution is -2.34. The second-order valence-corrected chi connectivity index (χ2v) is 2.21. The Labute approximate surface area is 56.3 Å². The van der Waals surface area contributed by atoms with Crippen molar-refractivity contribution in [1.82, 2.24) is 10.4 Å². The highest BCUT2D eigenvalue weighted by Crippen LogP contribution is 2.02. The van der Waals surface area contributed by atoms with E-state index in [1.54, 1.807) is 0 Å². The Kier molecular flexibility index (Phi) is 4.67. The Hall–Kier alpha value is -0.120. The van der Waals surface area contributed by atoms with Crippen LogP contribution in [0.5, 0.6) is 0 Å². The van der Waals surface area contributed by atoms with Crippen LogP contribution in [0.3, 0.4) is 0 Å². The summed E-state index contributed by atoms with van der Waals surface area (Å²) in [5, 5.41) is 2.29. The largest absolute Gasteiger partial charge is 0.412 e. The summed E-state index contributed by atoms with van der Waals surface area (Å²) in [6.45, 7) is 5.69. The third-order valence-corrected chi connectivity index (χ3v) is 1.49. The van der Waals surface area contributed by atoms with Crippen molar-refractivity contribution < 1.29 is 5.48 Å². The van der Waals surface area contributed by atoms with E-state index >= 15 is 0 Å². The highest BCUT2D eigenvalue weighted by Gasteiger charge is 2.08. The number of hydrazine groups is 1. The van der Waals surface area contributed by atoms with Crippen LogP contribution in [-0.4, -0.2) is 30.1 Å². The van der Waals surface area contributed by atoms with Crippen LogP contribution in [0.1, 0.15) is 19.8 Å². The molecular formula is C6H16N2O. The van der Waals surface area contributed by atoms with Gasteiger partial charge in [0.25, 0.3) is 0 Å². The molecule has 1 rings (SSSR count). The van der Waals surface area contributed by atoms with Gasteiger partial charge in [0.15, 0.2) is 0 Å². The average Bonchev–Trinajstić information content (AvgIpc) is 2.19. The fourth-order valence-corrected chi connectivity index (χ4v) is 1.10. The van der Waals surface area contributed by atoms with E-state index in [4.69, 9.17) is 0 Å². The lowest BCUT2D eigenvalue weighted by atomic mass is 10.4. The highest BCUT2D eigenvalue weighted by molar-refractivity contribution is 4.60. The van der Waals surface area contributed by atoms with Crippen molar-refractivity contribution in [3.05, 3.63) is 0 Å². The fourth-order valence-electron chi connectivity index (χ4n) is 1.10. The fraction of sp³-hybridized carbons (Fsp3) is 1.00.